The predicted molar refractivity (Wildman–Crippen MR) is 79.4 cm³/mol. The van der Waals surface area contributed by atoms with Crippen LogP contribution in [0, 0.1) is 5.82 Å². The summed E-state index contributed by atoms with van der Waals surface area (Å²) >= 11 is 1.59. The SMILES string of the molecule is O=C(NCc1nc2ccc(F)cc2[nH]1)NCc1cccs1. The molecule has 0 unspecified atom stereocenters. The van der Waals surface area contributed by atoms with Crippen molar-refractivity contribution in [3.63, 3.8) is 0 Å². The minimum atomic E-state index is -0.320. The number of rotatable bonds is 4. The number of H-pyrrole nitrogens is 1. The highest BCUT2D eigenvalue weighted by Crippen LogP contribution is 2.12. The van der Waals surface area contributed by atoms with Crippen molar-refractivity contribution in [1.82, 2.24) is 20.6 Å². The highest BCUT2D eigenvalue weighted by molar-refractivity contribution is 7.09. The zero-order valence-corrected chi connectivity index (χ0v) is 11.8. The van der Waals surface area contributed by atoms with E-state index in [0.717, 1.165) is 4.88 Å². The Morgan fingerprint density at radius 3 is 2.95 bits per heavy atom. The lowest BCUT2D eigenvalue weighted by molar-refractivity contribution is 0.240. The smallest absolute Gasteiger partial charge is 0.315 e. The third kappa shape index (κ3) is 3.38. The number of nitrogens with one attached hydrogen (secondary N) is 3. The Balaban J connectivity index is 1.54. The van der Waals surface area contributed by atoms with Gasteiger partial charge in [0.1, 0.15) is 11.6 Å². The molecule has 2 heterocycles. The Bertz CT molecular complexity index is 754. The molecule has 7 heteroatoms. The lowest BCUT2D eigenvalue weighted by Gasteiger charge is -2.04. The van der Waals surface area contributed by atoms with Crippen molar-refractivity contribution in [3.05, 3.63) is 52.2 Å². The van der Waals surface area contributed by atoms with Crippen molar-refractivity contribution in [2.75, 3.05) is 0 Å². The number of amides is 2. The van der Waals surface area contributed by atoms with Crippen LogP contribution in [0.1, 0.15) is 10.7 Å². The van der Waals surface area contributed by atoms with E-state index in [2.05, 4.69) is 20.6 Å². The number of thiophene rings is 1. The molecule has 0 spiro atoms. The monoisotopic (exact) mass is 304 g/mol. The molecular weight excluding hydrogens is 291 g/mol. The van der Waals surface area contributed by atoms with Gasteiger partial charge in [-0.15, -0.1) is 11.3 Å². The molecule has 0 aliphatic rings. The number of benzene rings is 1. The van der Waals surface area contributed by atoms with Crippen molar-refractivity contribution in [1.29, 1.82) is 0 Å². The van der Waals surface area contributed by atoms with E-state index in [-0.39, 0.29) is 18.4 Å². The van der Waals surface area contributed by atoms with Crippen molar-refractivity contribution in [2.24, 2.45) is 0 Å². The zero-order valence-electron chi connectivity index (χ0n) is 11.0. The Morgan fingerprint density at radius 1 is 1.29 bits per heavy atom. The van der Waals surface area contributed by atoms with Crippen LogP contribution in [-0.2, 0) is 13.1 Å². The fourth-order valence-corrected chi connectivity index (χ4v) is 2.57. The van der Waals surface area contributed by atoms with Crippen LogP contribution in [0.2, 0.25) is 0 Å². The Morgan fingerprint density at radius 2 is 2.14 bits per heavy atom. The summed E-state index contributed by atoms with van der Waals surface area (Å²) in [6.45, 7) is 0.751. The first-order valence-corrected chi connectivity index (χ1v) is 7.27. The Hall–Kier alpha value is -2.41. The second kappa shape index (κ2) is 5.92. The third-order valence-corrected chi connectivity index (χ3v) is 3.79. The molecular formula is C14H13FN4OS. The van der Waals surface area contributed by atoms with E-state index >= 15 is 0 Å². The van der Waals surface area contributed by atoms with Gasteiger partial charge in [-0.3, -0.25) is 0 Å². The summed E-state index contributed by atoms with van der Waals surface area (Å²) in [5.74, 6) is 0.265. The minimum Gasteiger partial charge on any atom is -0.340 e. The summed E-state index contributed by atoms with van der Waals surface area (Å²) < 4.78 is 13.1. The average molecular weight is 304 g/mol. The maximum Gasteiger partial charge on any atom is 0.315 e. The van der Waals surface area contributed by atoms with Crippen LogP contribution < -0.4 is 10.6 Å². The molecule has 21 heavy (non-hydrogen) atoms. The quantitative estimate of drug-likeness (QED) is 0.693. The molecule has 5 nitrogen and oxygen atoms in total. The molecule has 2 aromatic heterocycles. The summed E-state index contributed by atoms with van der Waals surface area (Å²) in [7, 11) is 0. The Labute approximate surface area is 124 Å². The van der Waals surface area contributed by atoms with Crippen LogP contribution in [0.5, 0.6) is 0 Å². The summed E-state index contributed by atoms with van der Waals surface area (Å²) in [5, 5.41) is 7.42. The molecule has 0 radical (unpaired) electrons. The molecule has 3 N–H and O–H groups in total. The van der Waals surface area contributed by atoms with E-state index in [0.29, 0.717) is 23.4 Å². The van der Waals surface area contributed by atoms with Crippen molar-refractivity contribution >= 4 is 28.4 Å². The van der Waals surface area contributed by atoms with E-state index in [9.17, 15) is 9.18 Å². The molecule has 2 amide bonds. The van der Waals surface area contributed by atoms with Gasteiger partial charge in [-0.05, 0) is 29.6 Å². The second-order valence-electron chi connectivity index (χ2n) is 4.46. The maximum absolute atomic E-state index is 13.1. The van der Waals surface area contributed by atoms with Gasteiger partial charge in [0.25, 0.3) is 0 Å². The van der Waals surface area contributed by atoms with Crippen LogP contribution >= 0.6 is 11.3 Å². The van der Waals surface area contributed by atoms with E-state index in [1.165, 1.54) is 12.1 Å². The molecule has 3 rings (SSSR count). The van der Waals surface area contributed by atoms with Gasteiger partial charge in [0, 0.05) is 4.88 Å². The molecule has 1 aromatic carbocycles. The average Bonchev–Trinajstić information content (AvgIpc) is 3.11. The van der Waals surface area contributed by atoms with Crippen LogP contribution in [0.3, 0.4) is 0 Å². The molecule has 0 saturated heterocycles. The third-order valence-electron chi connectivity index (χ3n) is 2.91. The van der Waals surface area contributed by atoms with Gasteiger partial charge in [0.15, 0.2) is 0 Å². The number of aromatic amines is 1. The standard InChI is InChI=1S/C14H13FN4OS/c15-9-3-4-11-12(6-9)19-13(18-11)8-17-14(20)16-7-10-2-1-5-21-10/h1-6H,7-8H2,(H,18,19)(H2,16,17,20). The Kier molecular flexibility index (Phi) is 3.83. The molecule has 0 bridgehead atoms. The lowest BCUT2D eigenvalue weighted by atomic mass is 10.3. The predicted octanol–water partition coefficient (Wildman–Crippen LogP) is 2.76. The number of carbonyl (C=O) groups is 1. The number of carbonyl (C=O) groups excluding carboxylic acids is 1. The molecule has 108 valence electrons. The molecule has 0 saturated carbocycles. The summed E-state index contributed by atoms with van der Waals surface area (Å²) in [4.78, 5) is 20.0. The minimum absolute atomic E-state index is 0.257. The van der Waals surface area contributed by atoms with Crippen LogP contribution in [0.25, 0.3) is 11.0 Å². The topological polar surface area (TPSA) is 69.8 Å². The van der Waals surface area contributed by atoms with Gasteiger partial charge in [0.2, 0.25) is 0 Å². The van der Waals surface area contributed by atoms with Gasteiger partial charge in [-0.25, -0.2) is 14.2 Å². The van der Waals surface area contributed by atoms with Gasteiger partial charge >= 0.3 is 6.03 Å². The highest BCUT2D eigenvalue weighted by atomic mass is 32.1. The summed E-state index contributed by atoms with van der Waals surface area (Å²) in [6, 6.07) is 7.96. The van der Waals surface area contributed by atoms with Crippen molar-refractivity contribution in [3.8, 4) is 0 Å². The zero-order chi connectivity index (χ0) is 14.7. The van der Waals surface area contributed by atoms with Gasteiger partial charge in [0.05, 0.1) is 24.1 Å². The number of nitrogens with zero attached hydrogens (tertiary/aromatic N) is 1. The first kappa shape index (κ1) is 13.6. The number of hydrogen-bond acceptors (Lipinski definition) is 3. The fourth-order valence-electron chi connectivity index (χ4n) is 1.93. The number of hydrogen-bond donors (Lipinski definition) is 3. The van der Waals surface area contributed by atoms with Crippen molar-refractivity contribution in [2.45, 2.75) is 13.1 Å². The number of imidazole rings is 1. The lowest BCUT2D eigenvalue weighted by Crippen LogP contribution is -2.34. The normalized spacial score (nSPS) is 10.7. The van der Waals surface area contributed by atoms with Crippen LogP contribution in [0.15, 0.2) is 35.7 Å². The highest BCUT2D eigenvalue weighted by Gasteiger charge is 2.06. The molecule has 3 aromatic rings. The molecule has 0 aliphatic heterocycles. The first-order valence-electron chi connectivity index (χ1n) is 6.39. The molecule has 0 aliphatic carbocycles. The number of fused-ring (bicyclic) bond motifs is 1. The van der Waals surface area contributed by atoms with E-state index in [1.807, 2.05) is 17.5 Å². The van der Waals surface area contributed by atoms with E-state index in [1.54, 1.807) is 17.4 Å². The first-order chi connectivity index (χ1) is 10.2. The van der Waals surface area contributed by atoms with Crippen LogP contribution in [-0.4, -0.2) is 16.0 Å². The number of halogens is 1. The summed E-state index contributed by atoms with van der Waals surface area (Å²) in [6.07, 6.45) is 0. The van der Waals surface area contributed by atoms with Crippen LogP contribution in [0.4, 0.5) is 9.18 Å². The maximum atomic E-state index is 13.1. The molecule has 0 fully saturated rings. The number of urea groups is 1. The van der Waals surface area contributed by atoms with Gasteiger partial charge in [-0.2, -0.15) is 0 Å². The van der Waals surface area contributed by atoms with Crippen molar-refractivity contribution < 1.29 is 9.18 Å². The summed E-state index contributed by atoms with van der Waals surface area (Å²) in [5.41, 5.74) is 1.29. The van der Waals surface area contributed by atoms with Gasteiger partial charge in [-0.1, -0.05) is 6.07 Å². The second-order valence-corrected chi connectivity index (χ2v) is 5.49. The van der Waals surface area contributed by atoms with E-state index in [4.69, 9.17) is 0 Å². The van der Waals surface area contributed by atoms with Gasteiger partial charge < -0.3 is 15.6 Å². The van der Waals surface area contributed by atoms with E-state index < -0.39 is 0 Å². The fraction of sp³-hybridized carbons (Fsp3) is 0.143. The molecule has 0 atom stereocenters. The number of aromatic nitrogens is 2. The largest absolute Gasteiger partial charge is 0.340 e.